The summed E-state index contributed by atoms with van der Waals surface area (Å²) in [6.45, 7) is 0.868. The molecule has 1 atom stereocenters. The highest BCUT2D eigenvalue weighted by molar-refractivity contribution is 6.31. The van der Waals surface area contributed by atoms with Gasteiger partial charge >= 0.3 is 0 Å². The maximum Gasteiger partial charge on any atom is 0.223 e. The second kappa shape index (κ2) is 8.11. The van der Waals surface area contributed by atoms with E-state index < -0.39 is 0 Å². The van der Waals surface area contributed by atoms with E-state index in [1.54, 1.807) is 0 Å². The smallest absolute Gasteiger partial charge is 0.223 e. The Kier molecular flexibility index (Phi) is 5.32. The highest BCUT2D eigenvalue weighted by Gasteiger charge is 2.35. The lowest BCUT2D eigenvalue weighted by atomic mass is 9.97. The summed E-state index contributed by atoms with van der Waals surface area (Å²) in [5.41, 5.74) is 4.83. The number of halogens is 1. The summed E-state index contributed by atoms with van der Waals surface area (Å²) in [4.78, 5) is 15.5. The molecule has 156 valence electrons. The Hall–Kier alpha value is -2.26. The van der Waals surface area contributed by atoms with Crippen molar-refractivity contribution in [3.63, 3.8) is 0 Å². The Bertz CT molecular complexity index is 1070. The first-order valence-corrected chi connectivity index (χ1v) is 11.6. The predicted molar refractivity (Wildman–Crippen MR) is 124 cm³/mol. The summed E-state index contributed by atoms with van der Waals surface area (Å²) in [7, 11) is 2.13. The first-order valence-electron chi connectivity index (χ1n) is 11.3. The van der Waals surface area contributed by atoms with Crippen LogP contribution in [0.3, 0.4) is 0 Å². The van der Waals surface area contributed by atoms with E-state index >= 15 is 0 Å². The van der Waals surface area contributed by atoms with Crippen molar-refractivity contribution in [3.8, 4) is 11.1 Å². The van der Waals surface area contributed by atoms with Gasteiger partial charge in [-0.2, -0.15) is 0 Å². The Morgan fingerprint density at radius 1 is 1.03 bits per heavy atom. The van der Waals surface area contributed by atoms with Gasteiger partial charge in [0, 0.05) is 47.2 Å². The van der Waals surface area contributed by atoms with E-state index in [0.717, 1.165) is 24.4 Å². The van der Waals surface area contributed by atoms with Gasteiger partial charge in [-0.25, -0.2) is 0 Å². The second-order valence-corrected chi connectivity index (χ2v) is 9.38. The minimum absolute atomic E-state index is 0.130. The number of benzene rings is 2. The van der Waals surface area contributed by atoms with Crippen molar-refractivity contribution in [1.29, 1.82) is 0 Å². The molecule has 0 radical (unpaired) electrons. The van der Waals surface area contributed by atoms with Crippen LogP contribution in [0.1, 0.15) is 56.7 Å². The fourth-order valence-electron chi connectivity index (χ4n) is 5.66. The van der Waals surface area contributed by atoms with Crippen molar-refractivity contribution >= 4 is 28.4 Å². The molecule has 1 amide bonds. The van der Waals surface area contributed by atoms with Gasteiger partial charge in [-0.3, -0.25) is 4.79 Å². The van der Waals surface area contributed by atoms with Gasteiger partial charge in [-0.15, -0.1) is 0 Å². The maximum absolute atomic E-state index is 13.3. The van der Waals surface area contributed by atoms with Gasteiger partial charge < -0.3 is 9.47 Å². The van der Waals surface area contributed by atoms with E-state index in [1.165, 1.54) is 53.4 Å². The molecule has 3 aromatic rings. The normalized spacial score (nSPS) is 19.8. The summed E-state index contributed by atoms with van der Waals surface area (Å²) >= 11 is 6.40. The summed E-state index contributed by atoms with van der Waals surface area (Å²) in [5.74, 6) is 0.922. The molecule has 3 nitrogen and oxygen atoms in total. The molecule has 2 aliphatic rings. The number of amides is 1. The summed E-state index contributed by atoms with van der Waals surface area (Å²) < 4.78 is 2.29. The lowest BCUT2D eigenvalue weighted by Gasteiger charge is -2.28. The molecule has 1 aromatic heterocycles. The number of carbonyl (C=O) groups excluding carboxylic acids is 1. The number of aryl methyl sites for hydroxylation is 1. The molecule has 2 aromatic carbocycles. The van der Waals surface area contributed by atoms with Gasteiger partial charge in [0.05, 0.1) is 6.04 Å². The molecule has 2 fully saturated rings. The van der Waals surface area contributed by atoms with E-state index in [9.17, 15) is 4.79 Å². The molecule has 30 heavy (non-hydrogen) atoms. The number of aromatic nitrogens is 1. The Morgan fingerprint density at radius 2 is 1.80 bits per heavy atom. The van der Waals surface area contributed by atoms with E-state index in [4.69, 9.17) is 11.6 Å². The zero-order chi connectivity index (χ0) is 20.7. The van der Waals surface area contributed by atoms with Crippen molar-refractivity contribution in [2.24, 2.45) is 13.0 Å². The Morgan fingerprint density at radius 3 is 2.57 bits per heavy atom. The third-order valence-electron chi connectivity index (χ3n) is 7.10. The molecule has 0 spiro atoms. The van der Waals surface area contributed by atoms with Crippen LogP contribution in [-0.4, -0.2) is 21.9 Å². The SMILES string of the molecule is Cn1c(C2CCCN2C(=O)CC2CCCC2)c(-c2ccccc2)c2cc(Cl)ccc21. The molecule has 1 saturated heterocycles. The number of hydrogen-bond acceptors (Lipinski definition) is 1. The first-order chi connectivity index (χ1) is 14.6. The van der Waals surface area contributed by atoms with Crippen LogP contribution in [-0.2, 0) is 11.8 Å². The lowest BCUT2D eigenvalue weighted by molar-refractivity contribution is -0.133. The molecule has 1 unspecified atom stereocenters. The molecule has 1 aliphatic carbocycles. The van der Waals surface area contributed by atoms with Gasteiger partial charge in [0.25, 0.3) is 0 Å². The van der Waals surface area contributed by atoms with E-state index in [0.29, 0.717) is 18.2 Å². The zero-order valence-corrected chi connectivity index (χ0v) is 18.4. The van der Waals surface area contributed by atoms with Gasteiger partial charge in [0.2, 0.25) is 5.91 Å². The monoisotopic (exact) mass is 420 g/mol. The van der Waals surface area contributed by atoms with Crippen LogP contribution >= 0.6 is 11.6 Å². The zero-order valence-electron chi connectivity index (χ0n) is 17.6. The molecule has 0 N–H and O–H groups in total. The number of hydrogen-bond donors (Lipinski definition) is 0. The molecule has 1 aliphatic heterocycles. The van der Waals surface area contributed by atoms with Crippen LogP contribution < -0.4 is 0 Å². The fraction of sp³-hybridized carbons (Fsp3) is 0.423. The van der Waals surface area contributed by atoms with Gasteiger partial charge in [-0.05, 0) is 55.4 Å². The number of nitrogens with zero attached hydrogens (tertiary/aromatic N) is 2. The molecular formula is C26H29ClN2O. The third-order valence-corrected chi connectivity index (χ3v) is 7.33. The maximum atomic E-state index is 13.3. The van der Waals surface area contributed by atoms with E-state index in [2.05, 4.69) is 52.9 Å². The predicted octanol–water partition coefficient (Wildman–Crippen LogP) is 6.74. The minimum atomic E-state index is 0.130. The third kappa shape index (κ3) is 3.43. The second-order valence-electron chi connectivity index (χ2n) is 8.95. The van der Waals surface area contributed by atoms with Gasteiger partial charge in [0.15, 0.2) is 0 Å². The highest BCUT2D eigenvalue weighted by atomic mass is 35.5. The molecular weight excluding hydrogens is 392 g/mol. The fourth-order valence-corrected chi connectivity index (χ4v) is 5.84. The molecule has 1 saturated carbocycles. The van der Waals surface area contributed by atoms with Crippen LogP contribution in [0.15, 0.2) is 48.5 Å². The Labute approximate surface area is 183 Å². The molecule has 2 heterocycles. The molecule has 5 rings (SSSR count). The number of carbonyl (C=O) groups is 1. The number of fused-ring (bicyclic) bond motifs is 1. The van der Waals surface area contributed by atoms with Crippen LogP contribution in [0.4, 0.5) is 0 Å². The quantitative estimate of drug-likeness (QED) is 0.458. The van der Waals surface area contributed by atoms with Crippen LogP contribution in [0.2, 0.25) is 5.02 Å². The average Bonchev–Trinajstić information content (AvgIpc) is 3.48. The molecule has 4 heteroatoms. The minimum Gasteiger partial charge on any atom is -0.345 e. The summed E-state index contributed by atoms with van der Waals surface area (Å²) in [6, 6.07) is 16.8. The standard InChI is InChI=1S/C26H29ClN2O/c1-28-22-14-13-20(27)17-21(22)25(19-10-3-2-4-11-19)26(28)23-12-7-15-29(23)24(30)16-18-8-5-6-9-18/h2-4,10-11,13-14,17-18,23H,5-9,12,15-16H2,1H3. The van der Waals surface area contributed by atoms with Crippen molar-refractivity contribution in [2.75, 3.05) is 6.54 Å². The summed E-state index contributed by atoms with van der Waals surface area (Å²) in [5, 5.41) is 1.92. The van der Waals surface area contributed by atoms with E-state index in [1.807, 2.05) is 12.1 Å². The van der Waals surface area contributed by atoms with Gasteiger partial charge in [0.1, 0.15) is 0 Å². The Balaban J connectivity index is 1.60. The number of rotatable bonds is 4. The highest BCUT2D eigenvalue weighted by Crippen LogP contribution is 2.44. The topological polar surface area (TPSA) is 25.2 Å². The number of likely N-dealkylation sites (tertiary alicyclic amines) is 1. The van der Waals surface area contributed by atoms with Crippen LogP contribution in [0.5, 0.6) is 0 Å². The van der Waals surface area contributed by atoms with Crippen molar-refractivity contribution in [1.82, 2.24) is 9.47 Å². The van der Waals surface area contributed by atoms with E-state index in [-0.39, 0.29) is 6.04 Å². The largest absolute Gasteiger partial charge is 0.345 e. The van der Waals surface area contributed by atoms with Crippen molar-refractivity contribution in [2.45, 2.75) is 51.0 Å². The van der Waals surface area contributed by atoms with Crippen molar-refractivity contribution in [3.05, 3.63) is 59.2 Å². The average molecular weight is 421 g/mol. The lowest BCUT2D eigenvalue weighted by Crippen LogP contribution is -2.32. The van der Waals surface area contributed by atoms with Crippen molar-refractivity contribution < 1.29 is 4.79 Å². The van der Waals surface area contributed by atoms with Crippen LogP contribution in [0.25, 0.3) is 22.0 Å². The van der Waals surface area contributed by atoms with Crippen LogP contribution in [0, 0.1) is 5.92 Å². The van der Waals surface area contributed by atoms with Gasteiger partial charge in [-0.1, -0.05) is 54.8 Å². The molecule has 0 bridgehead atoms. The summed E-state index contributed by atoms with van der Waals surface area (Å²) in [6.07, 6.45) is 7.80. The first kappa shape index (κ1) is 19.7.